The summed E-state index contributed by atoms with van der Waals surface area (Å²) in [6.45, 7) is 0.253. The molecule has 0 spiro atoms. The van der Waals surface area contributed by atoms with E-state index in [0.29, 0.717) is 18.3 Å². The highest BCUT2D eigenvalue weighted by Gasteiger charge is 2.58. The number of carboxylic acids is 1. The minimum absolute atomic E-state index is 0.0988. The molecular formula is C16H23NO5S. The number of nitrogens with zero attached hydrogens (tertiary/aromatic N) is 1. The smallest absolute Gasteiger partial charge is 0.306 e. The maximum atomic E-state index is 11.6. The lowest BCUT2D eigenvalue weighted by Crippen LogP contribution is -2.56. The Morgan fingerprint density at radius 3 is 2.22 bits per heavy atom. The second-order valence-corrected chi connectivity index (χ2v) is 8.38. The Hall–Kier alpha value is -1.11. The van der Waals surface area contributed by atoms with E-state index in [-0.39, 0.29) is 24.2 Å². The highest BCUT2D eigenvalue weighted by Crippen LogP contribution is 2.64. The predicted molar refractivity (Wildman–Crippen MR) is 85.6 cm³/mol. The van der Waals surface area contributed by atoms with Gasteiger partial charge in [0.2, 0.25) is 0 Å². The van der Waals surface area contributed by atoms with Crippen LogP contribution in [0, 0.1) is 28.6 Å². The number of aliphatic carboxylic acids is 1. The van der Waals surface area contributed by atoms with Crippen LogP contribution in [0.4, 0.5) is 0 Å². The fraction of sp³-hybridized carbons (Fsp3) is 0.875. The molecule has 0 aromatic carbocycles. The molecule has 0 heterocycles. The van der Waals surface area contributed by atoms with E-state index in [0.717, 1.165) is 11.8 Å². The second kappa shape index (κ2) is 6.79. The quantitative estimate of drug-likeness (QED) is 0.413. The minimum Gasteiger partial charge on any atom is -0.481 e. The number of carbonyl (C=O) groups excluding carboxylic acids is 1. The number of hydrogen-bond donors (Lipinski definition) is 1. The van der Waals surface area contributed by atoms with Crippen molar-refractivity contribution in [2.24, 2.45) is 28.3 Å². The van der Waals surface area contributed by atoms with Gasteiger partial charge in [0.05, 0.1) is 24.2 Å². The molecular weight excluding hydrogens is 318 g/mol. The zero-order valence-corrected chi connectivity index (χ0v) is 13.9. The molecule has 0 unspecified atom stereocenters. The number of rotatable bonds is 8. The van der Waals surface area contributed by atoms with Crippen molar-refractivity contribution >= 4 is 23.9 Å². The summed E-state index contributed by atoms with van der Waals surface area (Å²) >= 11 is 1.17. The normalized spacial score (nSPS) is 37.6. The maximum Gasteiger partial charge on any atom is 0.306 e. The average molecular weight is 341 g/mol. The molecule has 4 fully saturated rings. The standard InChI is InChI=1S/C16H23NO5S/c18-14(19)1-2-15(20)22-4-3-16(23-17-21)12-6-10-5-11(8-12)9-13(16)7-10/h10-13H,1-9H2,(H,18,19). The molecule has 0 saturated heterocycles. The van der Waals surface area contributed by atoms with E-state index < -0.39 is 11.9 Å². The van der Waals surface area contributed by atoms with E-state index in [2.05, 4.69) is 4.58 Å². The summed E-state index contributed by atoms with van der Waals surface area (Å²) in [6.07, 6.45) is 6.36. The molecule has 0 radical (unpaired) electrons. The zero-order chi connectivity index (χ0) is 16.4. The van der Waals surface area contributed by atoms with Gasteiger partial charge in [0.1, 0.15) is 0 Å². The Bertz CT molecular complexity index is 467. The van der Waals surface area contributed by atoms with Crippen molar-refractivity contribution in [3.63, 3.8) is 0 Å². The molecule has 4 saturated carbocycles. The van der Waals surface area contributed by atoms with Crippen molar-refractivity contribution < 1.29 is 19.4 Å². The molecule has 6 nitrogen and oxygen atoms in total. The van der Waals surface area contributed by atoms with E-state index in [9.17, 15) is 14.5 Å². The van der Waals surface area contributed by atoms with E-state index in [1.807, 2.05) is 0 Å². The van der Waals surface area contributed by atoms with Gasteiger partial charge in [-0.3, -0.25) is 9.59 Å². The van der Waals surface area contributed by atoms with Gasteiger partial charge in [-0.15, -0.1) is 4.91 Å². The molecule has 128 valence electrons. The van der Waals surface area contributed by atoms with E-state index in [1.54, 1.807) is 0 Å². The third-order valence-corrected chi connectivity index (χ3v) is 7.31. The van der Waals surface area contributed by atoms with Gasteiger partial charge in [-0.25, -0.2) is 0 Å². The largest absolute Gasteiger partial charge is 0.481 e. The van der Waals surface area contributed by atoms with E-state index >= 15 is 0 Å². The van der Waals surface area contributed by atoms with Gasteiger partial charge in [-0.1, -0.05) is 0 Å². The maximum absolute atomic E-state index is 11.6. The number of nitroso groups, excluding NO2 is 1. The van der Waals surface area contributed by atoms with Crippen LogP contribution in [0.3, 0.4) is 0 Å². The summed E-state index contributed by atoms with van der Waals surface area (Å²) in [6, 6.07) is 0. The van der Waals surface area contributed by atoms with Gasteiger partial charge in [0.15, 0.2) is 0 Å². The Labute approximate surface area is 139 Å². The fourth-order valence-corrected chi connectivity index (χ4v) is 6.26. The average Bonchev–Trinajstić information content (AvgIpc) is 2.49. The Morgan fingerprint density at radius 2 is 1.70 bits per heavy atom. The molecule has 0 amide bonds. The first-order valence-corrected chi connectivity index (χ1v) is 9.19. The van der Waals surface area contributed by atoms with Crippen molar-refractivity contribution in [1.82, 2.24) is 0 Å². The van der Waals surface area contributed by atoms with Crippen LogP contribution in [-0.4, -0.2) is 28.4 Å². The second-order valence-electron chi connectivity index (χ2n) is 7.29. The van der Waals surface area contributed by atoms with Crippen LogP contribution >= 0.6 is 11.9 Å². The summed E-state index contributed by atoms with van der Waals surface area (Å²) in [5.41, 5.74) is 0. The number of ether oxygens (including phenoxy) is 1. The molecule has 4 aliphatic rings. The lowest BCUT2D eigenvalue weighted by molar-refractivity contribution is -0.148. The summed E-state index contributed by atoms with van der Waals surface area (Å²) < 4.78 is 8.19. The van der Waals surface area contributed by atoms with Gasteiger partial charge < -0.3 is 9.84 Å². The van der Waals surface area contributed by atoms with Crippen LogP contribution in [0.25, 0.3) is 0 Å². The van der Waals surface area contributed by atoms with Crippen LogP contribution in [-0.2, 0) is 14.3 Å². The third-order valence-electron chi connectivity index (χ3n) is 6.03. The van der Waals surface area contributed by atoms with Crippen molar-refractivity contribution in [2.45, 2.75) is 56.1 Å². The Morgan fingerprint density at radius 1 is 1.09 bits per heavy atom. The van der Waals surface area contributed by atoms with Crippen molar-refractivity contribution in [1.29, 1.82) is 0 Å². The van der Waals surface area contributed by atoms with Crippen molar-refractivity contribution in [3.05, 3.63) is 4.91 Å². The number of carboxylic acid groups (broad SMARTS) is 1. The van der Waals surface area contributed by atoms with Gasteiger partial charge in [0.25, 0.3) is 0 Å². The van der Waals surface area contributed by atoms with Crippen molar-refractivity contribution in [2.75, 3.05) is 6.61 Å². The van der Waals surface area contributed by atoms with Crippen molar-refractivity contribution in [3.8, 4) is 0 Å². The summed E-state index contributed by atoms with van der Waals surface area (Å²) in [5, 5.41) is 8.58. The predicted octanol–water partition coefficient (Wildman–Crippen LogP) is 3.39. The number of esters is 1. The van der Waals surface area contributed by atoms with E-state index in [1.165, 1.54) is 44.1 Å². The Kier molecular flexibility index (Phi) is 4.94. The lowest BCUT2D eigenvalue weighted by Gasteiger charge is -2.59. The highest BCUT2D eigenvalue weighted by atomic mass is 32.2. The molecule has 0 atom stereocenters. The number of hydrogen-bond acceptors (Lipinski definition) is 6. The molecule has 0 aromatic heterocycles. The fourth-order valence-electron chi connectivity index (χ4n) is 5.26. The molecule has 1 N–H and O–H groups in total. The molecule has 4 aliphatic carbocycles. The summed E-state index contributed by atoms with van der Waals surface area (Å²) in [7, 11) is 0. The van der Waals surface area contributed by atoms with Gasteiger partial charge in [-0.2, -0.15) is 0 Å². The minimum atomic E-state index is -1.000. The molecule has 4 rings (SSSR count). The molecule has 23 heavy (non-hydrogen) atoms. The van der Waals surface area contributed by atoms with Gasteiger partial charge >= 0.3 is 11.9 Å². The lowest BCUT2D eigenvalue weighted by atomic mass is 9.51. The first kappa shape index (κ1) is 16.7. The summed E-state index contributed by atoms with van der Waals surface area (Å²) in [5.74, 6) is 1.13. The van der Waals surface area contributed by atoms with Crippen LogP contribution in [0.2, 0.25) is 0 Å². The molecule has 0 aliphatic heterocycles. The zero-order valence-electron chi connectivity index (χ0n) is 13.1. The van der Waals surface area contributed by atoms with Gasteiger partial charge in [0, 0.05) is 16.5 Å². The topological polar surface area (TPSA) is 93.0 Å². The number of carbonyl (C=O) groups is 2. The van der Waals surface area contributed by atoms with Crippen LogP contribution in [0.5, 0.6) is 0 Å². The molecule has 0 aromatic rings. The van der Waals surface area contributed by atoms with Crippen LogP contribution in [0.15, 0.2) is 4.58 Å². The SMILES string of the molecule is O=NSC1(CCOC(=O)CCC(=O)O)C2CC3CC(C2)CC1C3. The van der Waals surface area contributed by atoms with Crippen LogP contribution < -0.4 is 0 Å². The van der Waals surface area contributed by atoms with E-state index in [4.69, 9.17) is 9.84 Å². The first-order chi connectivity index (χ1) is 11.0. The Balaban J connectivity index is 1.58. The monoisotopic (exact) mass is 341 g/mol. The molecule has 4 bridgehead atoms. The first-order valence-electron chi connectivity index (χ1n) is 8.41. The summed E-state index contributed by atoms with van der Waals surface area (Å²) in [4.78, 5) is 33.1. The van der Waals surface area contributed by atoms with Gasteiger partial charge in [-0.05, 0) is 62.2 Å². The molecule has 7 heteroatoms. The highest BCUT2D eigenvalue weighted by molar-refractivity contribution is 7.99. The third kappa shape index (κ3) is 3.39. The van der Waals surface area contributed by atoms with Crippen LogP contribution in [0.1, 0.15) is 51.4 Å².